The van der Waals surface area contributed by atoms with Gasteiger partial charge in [0.05, 0.1) is 20.8 Å². The second kappa shape index (κ2) is 7.08. The number of imide groups is 1. The quantitative estimate of drug-likeness (QED) is 0.791. The van der Waals surface area contributed by atoms with Crippen LogP contribution in [0.3, 0.4) is 0 Å². The van der Waals surface area contributed by atoms with Crippen molar-refractivity contribution in [1.29, 1.82) is 0 Å². The van der Waals surface area contributed by atoms with Gasteiger partial charge >= 0.3 is 6.03 Å². The van der Waals surface area contributed by atoms with Gasteiger partial charge in [-0.05, 0) is 36.8 Å². The third-order valence-electron chi connectivity index (χ3n) is 4.61. The number of rotatable bonds is 5. The van der Waals surface area contributed by atoms with Crippen molar-refractivity contribution in [3.8, 4) is 11.5 Å². The summed E-state index contributed by atoms with van der Waals surface area (Å²) < 4.78 is 24.5. The van der Waals surface area contributed by atoms with Crippen LogP contribution in [0.2, 0.25) is 5.02 Å². The number of amides is 3. The van der Waals surface area contributed by atoms with Crippen molar-refractivity contribution in [2.24, 2.45) is 0 Å². The van der Waals surface area contributed by atoms with Gasteiger partial charge in [0.25, 0.3) is 5.91 Å². The van der Waals surface area contributed by atoms with Gasteiger partial charge in [-0.2, -0.15) is 0 Å². The fraction of sp³-hybridized carbons (Fsp3) is 0.263. The van der Waals surface area contributed by atoms with Gasteiger partial charge in [-0.1, -0.05) is 23.7 Å². The van der Waals surface area contributed by atoms with Crippen LogP contribution in [0.4, 0.5) is 9.18 Å². The number of ether oxygens (including phenoxy) is 2. The minimum Gasteiger partial charge on any atom is -0.493 e. The largest absolute Gasteiger partial charge is 0.493 e. The maximum absolute atomic E-state index is 14.1. The molecule has 8 heteroatoms. The molecule has 1 saturated heterocycles. The standard InChI is InChI=1S/C19H18ClFN2O4/c1-19(11-7-8-15(26-2)16(9-11)27-3)17(24)23(18(25)22-19)10-12-13(20)5-4-6-14(12)21/h4-9H,10H2,1-3H3,(H,22,25)/t19-/m1/s1. The van der Waals surface area contributed by atoms with E-state index in [4.69, 9.17) is 21.1 Å². The number of nitrogens with one attached hydrogen (secondary N) is 1. The summed E-state index contributed by atoms with van der Waals surface area (Å²) in [6, 6.07) is 8.50. The Bertz CT molecular complexity index is 900. The predicted molar refractivity (Wildman–Crippen MR) is 97.4 cm³/mol. The molecule has 142 valence electrons. The molecular weight excluding hydrogens is 375 g/mol. The summed E-state index contributed by atoms with van der Waals surface area (Å²) in [5, 5.41) is 2.82. The van der Waals surface area contributed by atoms with E-state index in [2.05, 4.69) is 5.32 Å². The molecule has 0 spiro atoms. The van der Waals surface area contributed by atoms with E-state index in [-0.39, 0.29) is 17.1 Å². The first-order valence-corrected chi connectivity index (χ1v) is 8.49. The molecule has 0 aromatic heterocycles. The summed E-state index contributed by atoms with van der Waals surface area (Å²) in [6.45, 7) is 1.32. The van der Waals surface area contributed by atoms with Crippen molar-refractivity contribution >= 4 is 23.5 Å². The highest BCUT2D eigenvalue weighted by Gasteiger charge is 2.49. The number of hydrogen-bond acceptors (Lipinski definition) is 4. The van der Waals surface area contributed by atoms with Gasteiger partial charge in [-0.15, -0.1) is 0 Å². The molecule has 1 heterocycles. The third kappa shape index (κ3) is 3.19. The van der Waals surface area contributed by atoms with Crippen LogP contribution in [0, 0.1) is 5.82 Å². The fourth-order valence-electron chi connectivity index (χ4n) is 3.02. The Morgan fingerprint density at radius 1 is 1.15 bits per heavy atom. The summed E-state index contributed by atoms with van der Waals surface area (Å²) >= 11 is 6.02. The van der Waals surface area contributed by atoms with E-state index in [1.807, 2.05) is 0 Å². The van der Waals surface area contributed by atoms with Gasteiger partial charge in [-0.25, -0.2) is 9.18 Å². The first-order chi connectivity index (χ1) is 12.8. The van der Waals surface area contributed by atoms with E-state index in [0.717, 1.165) is 4.90 Å². The average Bonchev–Trinajstić information content (AvgIpc) is 2.87. The minimum atomic E-state index is -1.33. The normalized spacial score (nSPS) is 19.2. The Kier molecular flexibility index (Phi) is 4.97. The number of hydrogen-bond donors (Lipinski definition) is 1. The highest BCUT2D eigenvalue weighted by Crippen LogP contribution is 2.36. The fourth-order valence-corrected chi connectivity index (χ4v) is 3.25. The molecule has 1 N–H and O–H groups in total. The minimum absolute atomic E-state index is 0.0826. The van der Waals surface area contributed by atoms with Crippen LogP contribution in [-0.2, 0) is 16.9 Å². The second-order valence-electron chi connectivity index (χ2n) is 6.22. The summed E-state index contributed by atoms with van der Waals surface area (Å²) in [5.74, 6) is -0.174. The van der Waals surface area contributed by atoms with E-state index in [1.165, 1.54) is 32.4 Å². The Morgan fingerprint density at radius 3 is 2.48 bits per heavy atom. The Hall–Kier alpha value is -2.80. The number of urea groups is 1. The maximum Gasteiger partial charge on any atom is 0.325 e. The Balaban J connectivity index is 1.95. The van der Waals surface area contributed by atoms with Crippen LogP contribution in [0.5, 0.6) is 11.5 Å². The molecule has 2 aromatic carbocycles. The van der Waals surface area contributed by atoms with Crippen LogP contribution < -0.4 is 14.8 Å². The number of halogens is 2. The van der Waals surface area contributed by atoms with Crippen molar-refractivity contribution in [3.63, 3.8) is 0 Å². The maximum atomic E-state index is 14.1. The van der Waals surface area contributed by atoms with E-state index < -0.39 is 23.3 Å². The molecule has 1 atom stereocenters. The molecule has 0 aliphatic carbocycles. The van der Waals surface area contributed by atoms with Crippen molar-refractivity contribution in [2.75, 3.05) is 14.2 Å². The molecule has 3 amide bonds. The van der Waals surface area contributed by atoms with E-state index in [0.29, 0.717) is 17.1 Å². The molecule has 27 heavy (non-hydrogen) atoms. The average molecular weight is 393 g/mol. The van der Waals surface area contributed by atoms with E-state index >= 15 is 0 Å². The molecule has 3 rings (SSSR count). The lowest BCUT2D eigenvalue weighted by molar-refractivity contribution is -0.131. The van der Waals surface area contributed by atoms with Gasteiger partial charge in [0.1, 0.15) is 11.4 Å². The zero-order valence-electron chi connectivity index (χ0n) is 15.0. The van der Waals surface area contributed by atoms with Gasteiger partial charge in [0, 0.05) is 10.6 Å². The molecule has 1 aliphatic rings. The zero-order chi connectivity index (χ0) is 19.8. The number of benzene rings is 2. The first-order valence-electron chi connectivity index (χ1n) is 8.11. The van der Waals surface area contributed by atoms with Gasteiger partial charge in [0.2, 0.25) is 0 Å². The van der Waals surface area contributed by atoms with Crippen molar-refractivity contribution in [1.82, 2.24) is 10.2 Å². The first kappa shape index (κ1) is 19.0. The summed E-state index contributed by atoms with van der Waals surface area (Å²) in [7, 11) is 2.98. The predicted octanol–water partition coefficient (Wildman–Crippen LogP) is 3.46. The molecule has 2 aromatic rings. The highest BCUT2D eigenvalue weighted by atomic mass is 35.5. The van der Waals surface area contributed by atoms with Gasteiger partial charge < -0.3 is 14.8 Å². The van der Waals surface area contributed by atoms with Crippen molar-refractivity contribution in [3.05, 3.63) is 58.4 Å². The van der Waals surface area contributed by atoms with Gasteiger partial charge in [0.15, 0.2) is 11.5 Å². The van der Waals surface area contributed by atoms with Crippen LogP contribution in [-0.4, -0.2) is 31.1 Å². The molecule has 0 saturated carbocycles. The summed E-state index contributed by atoms with van der Waals surface area (Å²) in [4.78, 5) is 26.4. The molecule has 0 unspecified atom stereocenters. The van der Waals surface area contributed by atoms with Crippen LogP contribution in [0.1, 0.15) is 18.1 Å². The number of methoxy groups -OCH3 is 2. The van der Waals surface area contributed by atoms with Crippen LogP contribution in [0.25, 0.3) is 0 Å². The zero-order valence-corrected chi connectivity index (χ0v) is 15.8. The van der Waals surface area contributed by atoms with Crippen LogP contribution in [0.15, 0.2) is 36.4 Å². The smallest absolute Gasteiger partial charge is 0.325 e. The van der Waals surface area contributed by atoms with E-state index in [1.54, 1.807) is 25.1 Å². The van der Waals surface area contributed by atoms with E-state index in [9.17, 15) is 14.0 Å². The highest BCUT2D eigenvalue weighted by molar-refractivity contribution is 6.31. The molecule has 1 aliphatic heterocycles. The summed E-state index contributed by atoms with van der Waals surface area (Å²) in [5.41, 5.74) is -0.728. The molecule has 0 radical (unpaired) electrons. The SMILES string of the molecule is COc1ccc([C@@]2(C)NC(=O)N(Cc3c(F)cccc3Cl)C2=O)cc1OC. The Labute approximate surface area is 160 Å². The molecule has 1 fully saturated rings. The lowest BCUT2D eigenvalue weighted by Gasteiger charge is -2.23. The van der Waals surface area contributed by atoms with Crippen molar-refractivity contribution < 1.29 is 23.5 Å². The lowest BCUT2D eigenvalue weighted by Crippen LogP contribution is -2.40. The number of carbonyl (C=O) groups excluding carboxylic acids is 2. The Morgan fingerprint density at radius 2 is 1.85 bits per heavy atom. The number of nitrogens with zero attached hydrogens (tertiary/aromatic N) is 1. The lowest BCUT2D eigenvalue weighted by atomic mass is 9.91. The molecule has 6 nitrogen and oxygen atoms in total. The van der Waals surface area contributed by atoms with Crippen molar-refractivity contribution in [2.45, 2.75) is 19.0 Å². The molecule has 0 bridgehead atoms. The third-order valence-corrected chi connectivity index (χ3v) is 4.97. The number of carbonyl (C=O) groups is 2. The van der Waals surface area contributed by atoms with Gasteiger partial charge in [-0.3, -0.25) is 9.69 Å². The second-order valence-corrected chi connectivity index (χ2v) is 6.62. The summed E-state index contributed by atoms with van der Waals surface area (Å²) in [6.07, 6.45) is 0. The molecular formula is C19H18ClFN2O4. The topological polar surface area (TPSA) is 67.9 Å². The monoisotopic (exact) mass is 392 g/mol. The van der Waals surface area contributed by atoms with Crippen LogP contribution >= 0.6 is 11.6 Å².